The maximum absolute atomic E-state index is 12.5. The zero-order chi connectivity index (χ0) is 15.9. The third kappa shape index (κ3) is 2.83. The lowest BCUT2D eigenvalue weighted by Gasteiger charge is -2.11. The van der Waals surface area contributed by atoms with Crippen LogP contribution in [0.2, 0.25) is 0 Å². The summed E-state index contributed by atoms with van der Waals surface area (Å²) in [5.41, 5.74) is 2.33. The van der Waals surface area contributed by atoms with E-state index in [-0.39, 0.29) is 18.5 Å². The van der Waals surface area contributed by atoms with E-state index in [2.05, 4.69) is 10.4 Å². The van der Waals surface area contributed by atoms with Crippen molar-refractivity contribution in [2.75, 3.05) is 6.54 Å². The summed E-state index contributed by atoms with van der Waals surface area (Å²) in [6.45, 7) is 5.98. The van der Waals surface area contributed by atoms with Crippen molar-refractivity contribution in [3.63, 3.8) is 0 Å². The summed E-state index contributed by atoms with van der Waals surface area (Å²) in [6.07, 6.45) is 3.39. The van der Waals surface area contributed by atoms with Crippen molar-refractivity contribution in [2.45, 2.75) is 51.7 Å². The number of carbonyl (C=O) groups excluding carboxylic acids is 1. The average molecular weight is 302 g/mol. The highest BCUT2D eigenvalue weighted by Gasteiger charge is 2.28. The zero-order valence-electron chi connectivity index (χ0n) is 13.2. The van der Waals surface area contributed by atoms with Gasteiger partial charge in [0.05, 0.1) is 23.3 Å². The molecule has 1 atom stereocenters. The quantitative estimate of drug-likeness (QED) is 0.885. The molecule has 1 unspecified atom stereocenters. The molecule has 0 aromatic carbocycles. The van der Waals surface area contributed by atoms with E-state index in [0.29, 0.717) is 11.5 Å². The lowest BCUT2D eigenvalue weighted by molar-refractivity contribution is 0.0925. The molecular weight excluding hydrogens is 280 g/mol. The first-order valence-electron chi connectivity index (χ1n) is 7.81. The van der Waals surface area contributed by atoms with Crippen LogP contribution in [0.25, 0.3) is 11.0 Å². The van der Waals surface area contributed by atoms with E-state index in [9.17, 15) is 9.90 Å². The fourth-order valence-electron chi connectivity index (χ4n) is 2.53. The van der Waals surface area contributed by atoms with Crippen molar-refractivity contribution >= 4 is 16.9 Å². The van der Waals surface area contributed by atoms with Gasteiger partial charge in [-0.1, -0.05) is 0 Å². The Hall–Kier alpha value is -1.95. The lowest BCUT2D eigenvalue weighted by atomic mass is 10.1. The first kappa shape index (κ1) is 15.0. The Morgan fingerprint density at radius 1 is 1.45 bits per heavy atom. The summed E-state index contributed by atoms with van der Waals surface area (Å²) in [6, 6.07) is 2.07. The van der Waals surface area contributed by atoms with E-state index in [1.165, 1.54) is 0 Å². The molecule has 1 amide bonds. The maximum Gasteiger partial charge on any atom is 0.252 e. The number of nitrogens with zero attached hydrogens (tertiary/aromatic N) is 3. The second kappa shape index (κ2) is 5.68. The van der Waals surface area contributed by atoms with Gasteiger partial charge in [-0.25, -0.2) is 9.67 Å². The van der Waals surface area contributed by atoms with Gasteiger partial charge in [0, 0.05) is 24.2 Å². The first-order chi connectivity index (χ1) is 10.5. The van der Waals surface area contributed by atoms with Crippen LogP contribution in [0.5, 0.6) is 0 Å². The van der Waals surface area contributed by atoms with E-state index in [1.54, 1.807) is 13.1 Å². The summed E-state index contributed by atoms with van der Waals surface area (Å²) < 4.78 is 1.85. The maximum atomic E-state index is 12.5. The standard InChI is InChI=1S/C16H22N4O2/c1-9(2)20-15-13(8-18-20)12(16(22)17-7-10(3)21)6-14(19-15)11-4-5-11/h6,8-11,21H,4-5,7H2,1-3H3,(H,17,22). The van der Waals surface area contributed by atoms with E-state index in [0.717, 1.165) is 29.6 Å². The number of aromatic nitrogens is 3. The molecule has 118 valence electrons. The van der Waals surface area contributed by atoms with Crippen LogP contribution in [0, 0.1) is 0 Å². The van der Waals surface area contributed by atoms with E-state index in [4.69, 9.17) is 4.98 Å². The summed E-state index contributed by atoms with van der Waals surface area (Å²) in [5.74, 6) is 0.279. The Kier molecular flexibility index (Phi) is 3.87. The molecule has 3 rings (SSSR count). The van der Waals surface area contributed by atoms with Crippen LogP contribution < -0.4 is 5.32 Å². The fourth-order valence-corrected chi connectivity index (χ4v) is 2.53. The van der Waals surface area contributed by atoms with Crippen molar-refractivity contribution in [2.24, 2.45) is 0 Å². The molecule has 0 radical (unpaired) electrons. The van der Waals surface area contributed by atoms with Crippen LogP contribution in [0.4, 0.5) is 0 Å². The molecule has 2 aromatic heterocycles. The second-order valence-electron chi connectivity index (χ2n) is 6.35. The van der Waals surface area contributed by atoms with Crippen LogP contribution in [0.15, 0.2) is 12.3 Å². The zero-order valence-corrected chi connectivity index (χ0v) is 13.2. The largest absolute Gasteiger partial charge is 0.392 e. The number of amides is 1. The SMILES string of the molecule is CC(O)CNC(=O)c1cc(C2CC2)nc2c1cnn2C(C)C. The molecule has 0 bridgehead atoms. The summed E-state index contributed by atoms with van der Waals surface area (Å²) in [4.78, 5) is 17.2. The van der Waals surface area contributed by atoms with Gasteiger partial charge >= 0.3 is 0 Å². The number of aliphatic hydroxyl groups excluding tert-OH is 1. The number of hydrogen-bond acceptors (Lipinski definition) is 4. The third-order valence-electron chi connectivity index (χ3n) is 3.87. The van der Waals surface area contributed by atoms with Gasteiger partial charge in [0.1, 0.15) is 0 Å². The average Bonchev–Trinajstić information content (AvgIpc) is 3.22. The molecule has 6 nitrogen and oxygen atoms in total. The minimum Gasteiger partial charge on any atom is -0.392 e. The van der Waals surface area contributed by atoms with Crippen molar-refractivity contribution in [1.82, 2.24) is 20.1 Å². The summed E-state index contributed by atoms with van der Waals surface area (Å²) in [5, 5.41) is 17.3. The lowest BCUT2D eigenvalue weighted by Crippen LogP contribution is -2.30. The van der Waals surface area contributed by atoms with Gasteiger partial charge in [-0.2, -0.15) is 5.10 Å². The van der Waals surface area contributed by atoms with Crippen LogP contribution in [-0.2, 0) is 0 Å². The number of nitrogens with one attached hydrogen (secondary N) is 1. The molecule has 1 aliphatic carbocycles. The Balaban J connectivity index is 2.05. The number of fused-ring (bicyclic) bond motifs is 1. The minimum absolute atomic E-state index is 0.182. The van der Waals surface area contributed by atoms with E-state index < -0.39 is 6.10 Å². The first-order valence-corrected chi connectivity index (χ1v) is 7.81. The van der Waals surface area contributed by atoms with Gasteiger partial charge in [0.15, 0.2) is 5.65 Å². The molecular formula is C16H22N4O2. The highest BCUT2D eigenvalue weighted by Crippen LogP contribution is 2.40. The van der Waals surface area contributed by atoms with Crippen LogP contribution >= 0.6 is 0 Å². The Morgan fingerprint density at radius 3 is 2.77 bits per heavy atom. The van der Waals surface area contributed by atoms with Crippen molar-refractivity contribution in [3.05, 3.63) is 23.5 Å². The second-order valence-corrected chi connectivity index (χ2v) is 6.35. The van der Waals surface area contributed by atoms with Gasteiger partial charge in [-0.05, 0) is 39.7 Å². The number of hydrogen-bond donors (Lipinski definition) is 2. The predicted octanol–water partition coefficient (Wildman–Crippen LogP) is 2.00. The van der Waals surface area contributed by atoms with E-state index in [1.807, 2.05) is 24.6 Å². The minimum atomic E-state index is -0.567. The van der Waals surface area contributed by atoms with Gasteiger partial charge in [0.2, 0.25) is 0 Å². The molecule has 0 saturated heterocycles. The van der Waals surface area contributed by atoms with Crippen LogP contribution in [0.1, 0.15) is 61.6 Å². The van der Waals surface area contributed by atoms with Crippen LogP contribution in [-0.4, -0.2) is 38.4 Å². The number of pyridine rings is 1. The molecule has 22 heavy (non-hydrogen) atoms. The third-order valence-corrected chi connectivity index (χ3v) is 3.87. The molecule has 6 heteroatoms. The normalized spacial score (nSPS) is 16.2. The van der Waals surface area contributed by atoms with Crippen molar-refractivity contribution in [1.29, 1.82) is 0 Å². The van der Waals surface area contributed by atoms with Gasteiger partial charge in [-0.15, -0.1) is 0 Å². The Bertz CT molecular complexity index is 701. The molecule has 1 fully saturated rings. The highest BCUT2D eigenvalue weighted by molar-refractivity contribution is 6.05. The Labute approximate surface area is 129 Å². The fraction of sp³-hybridized carbons (Fsp3) is 0.562. The summed E-state index contributed by atoms with van der Waals surface area (Å²) in [7, 11) is 0. The van der Waals surface area contributed by atoms with E-state index >= 15 is 0 Å². The predicted molar refractivity (Wildman–Crippen MR) is 83.9 cm³/mol. The number of carbonyl (C=O) groups is 1. The van der Waals surface area contributed by atoms with Gasteiger partial charge in [0.25, 0.3) is 5.91 Å². The smallest absolute Gasteiger partial charge is 0.252 e. The van der Waals surface area contributed by atoms with Crippen LogP contribution in [0.3, 0.4) is 0 Å². The van der Waals surface area contributed by atoms with Gasteiger partial charge in [-0.3, -0.25) is 4.79 Å². The topological polar surface area (TPSA) is 80.0 Å². The summed E-state index contributed by atoms with van der Waals surface area (Å²) >= 11 is 0. The molecule has 1 aliphatic rings. The highest BCUT2D eigenvalue weighted by atomic mass is 16.3. The van der Waals surface area contributed by atoms with Crippen molar-refractivity contribution < 1.29 is 9.90 Å². The molecule has 2 heterocycles. The van der Waals surface area contributed by atoms with Crippen molar-refractivity contribution in [3.8, 4) is 0 Å². The Morgan fingerprint density at radius 2 is 2.18 bits per heavy atom. The molecule has 0 spiro atoms. The molecule has 1 saturated carbocycles. The number of rotatable bonds is 5. The molecule has 0 aliphatic heterocycles. The molecule has 2 N–H and O–H groups in total. The molecule has 2 aromatic rings. The number of aliphatic hydroxyl groups is 1. The van der Waals surface area contributed by atoms with Gasteiger partial charge < -0.3 is 10.4 Å². The monoisotopic (exact) mass is 302 g/mol.